The third kappa shape index (κ3) is 2.85. The van der Waals surface area contributed by atoms with Gasteiger partial charge in [0.1, 0.15) is 11.5 Å². The molecule has 0 spiro atoms. The first-order valence-corrected chi connectivity index (χ1v) is 7.17. The number of carbonyl (C=O) groups excluding carboxylic acids is 1. The lowest BCUT2D eigenvalue weighted by molar-refractivity contribution is -0.124. The third-order valence-corrected chi connectivity index (χ3v) is 3.79. The SMILES string of the molecule is N=C(C(=O)N1CCNc2ccncc2C1)c1cccc(F)c1N. The maximum absolute atomic E-state index is 13.5. The summed E-state index contributed by atoms with van der Waals surface area (Å²) in [6, 6.07) is 5.96. The van der Waals surface area contributed by atoms with Gasteiger partial charge in [0.05, 0.1) is 5.69 Å². The molecule has 0 unspecified atom stereocenters. The summed E-state index contributed by atoms with van der Waals surface area (Å²) in [4.78, 5) is 18.2. The lowest BCUT2D eigenvalue weighted by Gasteiger charge is -2.21. The minimum Gasteiger partial charge on any atom is -0.396 e. The fraction of sp³-hybridized carbons (Fsp3) is 0.188. The van der Waals surface area contributed by atoms with E-state index in [-0.39, 0.29) is 17.0 Å². The highest BCUT2D eigenvalue weighted by Gasteiger charge is 2.24. The largest absolute Gasteiger partial charge is 0.396 e. The number of fused-ring (bicyclic) bond motifs is 1. The third-order valence-electron chi connectivity index (χ3n) is 3.79. The summed E-state index contributed by atoms with van der Waals surface area (Å²) in [7, 11) is 0. The Labute approximate surface area is 132 Å². The second kappa shape index (κ2) is 6.04. The van der Waals surface area contributed by atoms with Crippen LogP contribution in [-0.2, 0) is 11.3 Å². The second-order valence-electron chi connectivity index (χ2n) is 5.26. The normalized spacial score (nSPS) is 13.7. The molecule has 2 heterocycles. The number of anilines is 2. The molecule has 0 saturated carbocycles. The Morgan fingerprint density at radius 1 is 1.39 bits per heavy atom. The van der Waals surface area contributed by atoms with Gasteiger partial charge >= 0.3 is 0 Å². The number of pyridine rings is 1. The summed E-state index contributed by atoms with van der Waals surface area (Å²) < 4.78 is 13.5. The van der Waals surface area contributed by atoms with Crippen molar-refractivity contribution in [3.8, 4) is 0 Å². The Kier molecular flexibility index (Phi) is 3.92. The van der Waals surface area contributed by atoms with Crippen molar-refractivity contribution in [3.63, 3.8) is 0 Å². The number of halogens is 1. The van der Waals surface area contributed by atoms with Crippen molar-refractivity contribution >= 4 is 23.0 Å². The summed E-state index contributed by atoms with van der Waals surface area (Å²) in [5, 5.41) is 11.3. The molecular weight excluding hydrogens is 297 g/mol. The number of nitrogens with one attached hydrogen (secondary N) is 2. The number of benzene rings is 1. The first-order chi connectivity index (χ1) is 11.1. The molecule has 0 saturated heterocycles. The fourth-order valence-electron chi connectivity index (χ4n) is 2.54. The smallest absolute Gasteiger partial charge is 0.272 e. The molecular formula is C16H16FN5O. The molecule has 23 heavy (non-hydrogen) atoms. The van der Waals surface area contributed by atoms with E-state index in [0.717, 1.165) is 11.3 Å². The van der Waals surface area contributed by atoms with Crippen LogP contribution in [0.15, 0.2) is 36.7 Å². The molecule has 7 heteroatoms. The van der Waals surface area contributed by atoms with Crippen molar-refractivity contribution in [3.05, 3.63) is 53.6 Å². The zero-order chi connectivity index (χ0) is 16.4. The Balaban J connectivity index is 1.85. The van der Waals surface area contributed by atoms with E-state index < -0.39 is 11.7 Å². The van der Waals surface area contributed by atoms with E-state index in [1.807, 2.05) is 6.07 Å². The van der Waals surface area contributed by atoms with E-state index in [2.05, 4.69) is 10.3 Å². The molecule has 0 fully saturated rings. The van der Waals surface area contributed by atoms with Crippen molar-refractivity contribution in [1.82, 2.24) is 9.88 Å². The summed E-state index contributed by atoms with van der Waals surface area (Å²) >= 11 is 0. The van der Waals surface area contributed by atoms with E-state index in [0.29, 0.717) is 19.6 Å². The van der Waals surface area contributed by atoms with Gasteiger partial charge in [0, 0.05) is 48.8 Å². The number of aromatic nitrogens is 1. The van der Waals surface area contributed by atoms with E-state index in [4.69, 9.17) is 11.1 Å². The molecule has 6 nitrogen and oxygen atoms in total. The van der Waals surface area contributed by atoms with Gasteiger partial charge in [0.25, 0.3) is 5.91 Å². The van der Waals surface area contributed by atoms with Crippen LogP contribution in [0.25, 0.3) is 0 Å². The Morgan fingerprint density at radius 3 is 3.04 bits per heavy atom. The number of nitrogens with zero attached hydrogens (tertiary/aromatic N) is 2. The average Bonchev–Trinajstić information content (AvgIpc) is 2.78. The highest BCUT2D eigenvalue weighted by atomic mass is 19.1. The van der Waals surface area contributed by atoms with Crippen molar-refractivity contribution in [2.75, 3.05) is 24.1 Å². The summed E-state index contributed by atoms with van der Waals surface area (Å²) in [6.45, 7) is 1.34. The van der Waals surface area contributed by atoms with Crippen molar-refractivity contribution in [2.24, 2.45) is 0 Å². The standard InChI is InChI=1S/C16H16FN5O/c17-12-3-1-2-11(14(12)18)15(19)16(23)22-7-6-21-13-4-5-20-8-10(13)9-22/h1-5,8,19,21H,6-7,9,18H2. The molecule has 0 atom stereocenters. The predicted molar refractivity (Wildman–Crippen MR) is 85.8 cm³/mol. The number of carbonyl (C=O) groups is 1. The molecule has 3 rings (SSSR count). The van der Waals surface area contributed by atoms with Crippen LogP contribution < -0.4 is 11.1 Å². The number of amides is 1. The van der Waals surface area contributed by atoms with Gasteiger partial charge in [-0.2, -0.15) is 0 Å². The Morgan fingerprint density at radius 2 is 2.22 bits per heavy atom. The minimum absolute atomic E-state index is 0.110. The number of rotatable bonds is 2. The van der Waals surface area contributed by atoms with Gasteiger partial charge in [0.2, 0.25) is 0 Å². The molecule has 4 N–H and O–H groups in total. The Hall–Kier alpha value is -2.96. The maximum atomic E-state index is 13.5. The quantitative estimate of drug-likeness (QED) is 0.580. The summed E-state index contributed by atoms with van der Waals surface area (Å²) in [5.41, 5.74) is 7.07. The van der Waals surface area contributed by atoms with Gasteiger partial charge in [-0.3, -0.25) is 15.2 Å². The minimum atomic E-state index is -0.632. The van der Waals surface area contributed by atoms with Gasteiger partial charge in [-0.05, 0) is 12.1 Å². The maximum Gasteiger partial charge on any atom is 0.272 e. The molecule has 2 aromatic rings. The fourth-order valence-corrected chi connectivity index (χ4v) is 2.54. The van der Waals surface area contributed by atoms with Gasteiger partial charge in [-0.15, -0.1) is 0 Å². The van der Waals surface area contributed by atoms with E-state index in [1.165, 1.54) is 23.1 Å². The van der Waals surface area contributed by atoms with Crippen LogP contribution in [-0.4, -0.2) is 34.6 Å². The van der Waals surface area contributed by atoms with E-state index in [1.54, 1.807) is 12.4 Å². The van der Waals surface area contributed by atoms with Crippen LogP contribution in [0.3, 0.4) is 0 Å². The van der Waals surface area contributed by atoms with Crippen molar-refractivity contribution in [2.45, 2.75) is 6.54 Å². The van der Waals surface area contributed by atoms with Gasteiger partial charge < -0.3 is 16.0 Å². The summed E-state index contributed by atoms with van der Waals surface area (Å²) in [6.07, 6.45) is 3.37. The highest BCUT2D eigenvalue weighted by molar-refractivity contribution is 6.45. The molecule has 118 valence electrons. The molecule has 0 bridgehead atoms. The molecule has 0 aliphatic carbocycles. The second-order valence-corrected chi connectivity index (χ2v) is 5.26. The zero-order valence-electron chi connectivity index (χ0n) is 12.3. The Bertz CT molecular complexity index is 777. The number of para-hydroxylation sites is 1. The molecule has 1 aliphatic heterocycles. The molecule has 1 aliphatic rings. The first kappa shape index (κ1) is 15.0. The van der Waals surface area contributed by atoms with E-state index >= 15 is 0 Å². The van der Waals surface area contributed by atoms with Crippen LogP contribution >= 0.6 is 0 Å². The molecule has 1 aromatic heterocycles. The topological polar surface area (TPSA) is 95.1 Å². The van der Waals surface area contributed by atoms with Crippen molar-refractivity contribution in [1.29, 1.82) is 5.41 Å². The van der Waals surface area contributed by atoms with Crippen LogP contribution in [0.1, 0.15) is 11.1 Å². The van der Waals surface area contributed by atoms with Crippen LogP contribution in [0.2, 0.25) is 0 Å². The van der Waals surface area contributed by atoms with Crippen LogP contribution in [0.4, 0.5) is 15.8 Å². The molecule has 0 radical (unpaired) electrons. The lowest BCUT2D eigenvalue weighted by Crippen LogP contribution is -2.38. The van der Waals surface area contributed by atoms with Crippen LogP contribution in [0.5, 0.6) is 0 Å². The van der Waals surface area contributed by atoms with Gasteiger partial charge in [-0.1, -0.05) is 12.1 Å². The average molecular weight is 313 g/mol. The first-order valence-electron chi connectivity index (χ1n) is 7.17. The monoisotopic (exact) mass is 313 g/mol. The number of hydrogen-bond donors (Lipinski definition) is 3. The molecule has 1 aromatic carbocycles. The van der Waals surface area contributed by atoms with Gasteiger partial charge in [0.15, 0.2) is 0 Å². The summed E-state index contributed by atoms with van der Waals surface area (Å²) in [5.74, 6) is -1.12. The van der Waals surface area contributed by atoms with E-state index in [9.17, 15) is 9.18 Å². The number of nitrogen functional groups attached to an aromatic ring is 1. The number of hydrogen-bond acceptors (Lipinski definition) is 5. The zero-order valence-corrected chi connectivity index (χ0v) is 12.3. The number of nitrogens with two attached hydrogens (primary N) is 1. The van der Waals surface area contributed by atoms with Crippen LogP contribution in [0, 0.1) is 11.2 Å². The molecule has 1 amide bonds. The lowest BCUT2D eigenvalue weighted by atomic mass is 10.1. The van der Waals surface area contributed by atoms with Gasteiger partial charge in [-0.25, -0.2) is 4.39 Å². The highest BCUT2D eigenvalue weighted by Crippen LogP contribution is 2.21. The van der Waals surface area contributed by atoms with Crippen molar-refractivity contribution < 1.29 is 9.18 Å². The predicted octanol–water partition coefficient (Wildman–Crippen LogP) is 1.63.